The van der Waals surface area contributed by atoms with Gasteiger partial charge in [0.1, 0.15) is 0 Å². The maximum Gasteiger partial charge on any atom is 0.279 e. The van der Waals surface area contributed by atoms with Crippen LogP contribution in [0.15, 0.2) is 0 Å². The van der Waals surface area contributed by atoms with Crippen LogP contribution in [0.4, 0.5) is 0 Å². The molecule has 0 bridgehead atoms. The summed E-state index contributed by atoms with van der Waals surface area (Å²) in [6.07, 6.45) is 0.0520. The highest BCUT2D eigenvalue weighted by Crippen LogP contribution is 2.08. The minimum absolute atomic E-state index is 0.128. The van der Waals surface area contributed by atoms with E-state index < -0.39 is 10.2 Å². The van der Waals surface area contributed by atoms with Crippen LogP contribution in [0.5, 0.6) is 0 Å². The molecule has 1 saturated heterocycles. The van der Waals surface area contributed by atoms with Gasteiger partial charge in [0.05, 0.1) is 18.8 Å². The Bertz CT molecular complexity index is 447. The lowest BCUT2D eigenvalue weighted by atomic mass is 10.2. The first kappa shape index (κ1) is 18.3. The lowest BCUT2D eigenvalue weighted by Crippen LogP contribution is -2.50. The van der Waals surface area contributed by atoms with E-state index in [2.05, 4.69) is 23.5 Å². The molecular formula is C13H26N4O3S. The fraction of sp³-hybridized carbons (Fsp3) is 0.923. The predicted molar refractivity (Wildman–Crippen MR) is 80.8 cm³/mol. The van der Waals surface area contributed by atoms with E-state index in [-0.39, 0.29) is 25.6 Å². The monoisotopic (exact) mass is 318 g/mol. The van der Waals surface area contributed by atoms with Crippen molar-refractivity contribution in [3.8, 4) is 6.07 Å². The normalized spacial score (nSPS) is 20.9. The second-order valence-corrected chi connectivity index (χ2v) is 7.59. The van der Waals surface area contributed by atoms with Crippen LogP contribution in [0.1, 0.15) is 20.3 Å². The maximum atomic E-state index is 12.0. The van der Waals surface area contributed by atoms with Crippen LogP contribution in [0.3, 0.4) is 0 Å². The Kier molecular flexibility index (Phi) is 7.56. The van der Waals surface area contributed by atoms with Gasteiger partial charge in [-0.1, -0.05) is 13.8 Å². The minimum Gasteiger partial charge on any atom is -0.374 e. The first-order valence-electron chi connectivity index (χ1n) is 7.27. The van der Waals surface area contributed by atoms with Gasteiger partial charge in [-0.15, -0.1) is 0 Å². The molecule has 7 nitrogen and oxygen atoms in total. The summed E-state index contributed by atoms with van der Waals surface area (Å²) in [4.78, 5) is 2.30. The summed E-state index contributed by atoms with van der Waals surface area (Å²) < 4.78 is 33.3. The molecule has 0 spiro atoms. The van der Waals surface area contributed by atoms with Gasteiger partial charge in [-0.2, -0.15) is 22.7 Å². The standard InChI is InChI=1S/C13H26N4O3S/c1-12(2)10-17-7-8-20-13(11-17)9-15-21(18,19)16(3)6-4-5-14/h12-13,15H,4,6-11H2,1-3H3. The van der Waals surface area contributed by atoms with Gasteiger partial charge in [-0.3, -0.25) is 4.90 Å². The molecule has 1 rings (SSSR count). The molecule has 0 aromatic rings. The zero-order valence-electron chi connectivity index (χ0n) is 13.1. The van der Waals surface area contributed by atoms with Crippen molar-refractivity contribution >= 4 is 10.2 Å². The number of nitrogens with zero attached hydrogens (tertiary/aromatic N) is 3. The fourth-order valence-electron chi connectivity index (χ4n) is 2.22. The molecule has 1 heterocycles. The van der Waals surface area contributed by atoms with Crippen molar-refractivity contribution in [1.82, 2.24) is 13.9 Å². The summed E-state index contributed by atoms with van der Waals surface area (Å²) in [5.41, 5.74) is 0. The molecule has 0 radical (unpaired) electrons. The Hall–Kier alpha value is -0.720. The van der Waals surface area contributed by atoms with E-state index in [1.54, 1.807) is 0 Å². The first-order valence-corrected chi connectivity index (χ1v) is 8.71. The van der Waals surface area contributed by atoms with Crippen LogP contribution in [0, 0.1) is 17.2 Å². The second-order valence-electron chi connectivity index (χ2n) is 5.73. The van der Waals surface area contributed by atoms with E-state index >= 15 is 0 Å². The third-order valence-corrected chi connectivity index (χ3v) is 4.82. The summed E-state index contributed by atoms with van der Waals surface area (Å²) in [6.45, 7) is 8.03. The molecular weight excluding hydrogens is 292 g/mol. The fourth-order valence-corrected chi connectivity index (χ4v) is 3.17. The van der Waals surface area contributed by atoms with Crippen LogP contribution >= 0.6 is 0 Å². The van der Waals surface area contributed by atoms with E-state index in [0.29, 0.717) is 12.5 Å². The number of nitrogens with one attached hydrogen (secondary N) is 1. The van der Waals surface area contributed by atoms with Crippen LogP contribution in [-0.2, 0) is 14.9 Å². The molecule has 8 heteroatoms. The Balaban J connectivity index is 2.41. The van der Waals surface area contributed by atoms with Gasteiger partial charge in [0, 0.05) is 46.2 Å². The first-order chi connectivity index (χ1) is 9.85. The predicted octanol–water partition coefficient (Wildman–Crippen LogP) is 0.0231. The minimum atomic E-state index is -3.54. The van der Waals surface area contributed by atoms with Gasteiger partial charge >= 0.3 is 0 Å². The number of nitriles is 1. The number of rotatable bonds is 8. The molecule has 21 heavy (non-hydrogen) atoms. The Morgan fingerprint density at radius 2 is 2.24 bits per heavy atom. The van der Waals surface area contributed by atoms with Crippen molar-refractivity contribution in [2.24, 2.45) is 5.92 Å². The van der Waals surface area contributed by atoms with Gasteiger partial charge in [-0.25, -0.2) is 0 Å². The number of hydrogen-bond donors (Lipinski definition) is 1. The van der Waals surface area contributed by atoms with Gasteiger partial charge in [-0.05, 0) is 5.92 Å². The van der Waals surface area contributed by atoms with E-state index in [4.69, 9.17) is 10.00 Å². The van der Waals surface area contributed by atoms with Crippen molar-refractivity contribution in [2.75, 3.05) is 46.4 Å². The van der Waals surface area contributed by atoms with Crippen LogP contribution in [0.25, 0.3) is 0 Å². The van der Waals surface area contributed by atoms with Gasteiger partial charge < -0.3 is 4.74 Å². The molecule has 0 amide bonds. The molecule has 0 aliphatic carbocycles. The molecule has 1 aliphatic rings. The van der Waals surface area contributed by atoms with Crippen molar-refractivity contribution in [2.45, 2.75) is 26.4 Å². The largest absolute Gasteiger partial charge is 0.374 e. The van der Waals surface area contributed by atoms with Crippen molar-refractivity contribution in [1.29, 1.82) is 5.26 Å². The molecule has 0 aromatic heterocycles. The van der Waals surface area contributed by atoms with Crippen molar-refractivity contribution < 1.29 is 13.2 Å². The topological polar surface area (TPSA) is 85.7 Å². The summed E-state index contributed by atoms with van der Waals surface area (Å²) in [5, 5.41) is 8.50. The Morgan fingerprint density at radius 1 is 1.52 bits per heavy atom. The van der Waals surface area contributed by atoms with E-state index in [9.17, 15) is 8.42 Å². The highest BCUT2D eigenvalue weighted by molar-refractivity contribution is 7.87. The molecule has 122 valence electrons. The molecule has 1 fully saturated rings. The van der Waals surface area contributed by atoms with Crippen LogP contribution < -0.4 is 4.72 Å². The van der Waals surface area contributed by atoms with E-state index in [1.807, 2.05) is 6.07 Å². The van der Waals surface area contributed by atoms with E-state index in [1.165, 1.54) is 7.05 Å². The summed E-state index contributed by atoms with van der Waals surface area (Å²) >= 11 is 0. The highest BCUT2D eigenvalue weighted by Gasteiger charge is 2.24. The summed E-state index contributed by atoms with van der Waals surface area (Å²) in [7, 11) is -2.07. The Morgan fingerprint density at radius 3 is 2.86 bits per heavy atom. The molecule has 1 N–H and O–H groups in total. The smallest absolute Gasteiger partial charge is 0.279 e. The Labute approximate surface area is 128 Å². The molecule has 1 atom stereocenters. The summed E-state index contributed by atoms with van der Waals surface area (Å²) in [5.74, 6) is 0.581. The quantitative estimate of drug-likeness (QED) is 0.682. The average molecular weight is 318 g/mol. The van der Waals surface area contributed by atoms with Crippen LogP contribution in [0.2, 0.25) is 0 Å². The highest BCUT2D eigenvalue weighted by atomic mass is 32.2. The maximum absolute atomic E-state index is 12.0. The number of morpholine rings is 1. The molecule has 1 unspecified atom stereocenters. The lowest BCUT2D eigenvalue weighted by Gasteiger charge is -2.34. The van der Waals surface area contributed by atoms with Gasteiger partial charge in [0.2, 0.25) is 0 Å². The zero-order valence-corrected chi connectivity index (χ0v) is 13.9. The second kappa shape index (κ2) is 8.66. The molecule has 1 aliphatic heterocycles. The number of ether oxygens (including phenoxy) is 1. The number of hydrogen-bond acceptors (Lipinski definition) is 5. The van der Waals surface area contributed by atoms with Gasteiger partial charge in [0.25, 0.3) is 10.2 Å². The summed E-state index contributed by atoms with van der Waals surface area (Å²) in [6, 6.07) is 1.93. The zero-order chi connectivity index (χ0) is 15.9. The third-order valence-electron chi connectivity index (χ3n) is 3.29. The molecule has 0 aromatic carbocycles. The third kappa shape index (κ3) is 6.72. The van der Waals surface area contributed by atoms with Crippen molar-refractivity contribution in [3.63, 3.8) is 0 Å². The molecule has 0 saturated carbocycles. The lowest BCUT2D eigenvalue weighted by molar-refractivity contribution is -0.0281. The van der Waals surface area contributed by atoms with E-state index in [0.717, 1.165) is 23.9 Å². The van der Waals surface area contributed by atoms with Crippen LogP contribution in [-0.4, -0.2) is 70.1 Å². The van der Waals surface area contributed by atoms with Gasteiger partial charge in [0.15, 0.2) is 0 Å². The van der Waals surface area contributed by atoms with Crippen molar-refractivity contribution in [3.05, 3.63) is 0 Å². The average Bonchev–Trinajstić information content (AvgIpc) is 2.42. The SMILES string of the molecule is CC(C)CN1CCOC(CNS(=O)(=O)N(C)CCC#N)C1.